The number of aromatic nitrogens is 4. The van der Waals surface area contributed by atoms with E-state index in [-0.39, 0.29) is 0 Å². The van der Waals surface area contributed by atoms with Gasteiger partial charge in [-0.15, -0.1) is 11.3 Å². The van der Waals surface area contributed by atoms with Crippen molar-refractivity contribution in [2.75, 3.05) is 0 Å². The smallest absolute Gasteiger partial charge is 0.164 e. The summed E-state index contributed by atoms with van der Waals surface area (Å²) in [6.45, 7) is 0. The van der Waals surface area contributed by atoms with E-state index in [0.29, 0.717) is 17.5 Å². The van der Waals surface area contributed by atoms with Crippen LogP contribution in [0.4, 0.5) is 0 Å². The van der Waals surface area contributed by atoms with Crippen LogP contribution in [0, 0.1) is 0 Å². The highest BCUT2D eigenvalue weighted by molar-refractivity contribution is 7.26. The minimum absolute atomic E-state index is 0.627. The Kier molecular flexibility index (Phi) is 6.61. The summed E-state index contributed by atoms with van der Waals surface area (Å²) in [6, 6.07) is 52.6. The highest BCUT2D eigenvalue weighted by Gasteiger charge is 2.17. The monoisotopic (exact) mass is 618 g/mol. The molecule has 0 bridgehead atoms. The molecule has 3 aromatic heterocycles. The largest absolute Gasteiger partial charge is 0.255 e. The van der Waals surface area contributed by atoms with Crippen LogP contribution in [0.15, 0.2) is 158 Å². The molecule has 5 heteroatoms. The summed E-state index contributed by atoms with van der Waals surface area (Å²) < 4.78 is 2.39. The number of hydrogen-bond acceptors (Lipinski definition) is 5. The lowest BCUT2D eigenvalue weighted by Gasteiger charge is -2.14. The van der Waals surface area contributed by atoms with Gasteiger partial charge in [0.25, 0.3) is 0 Å². The van der Waals surface area contributed by atoms with Crippen LogP contribution in [-0.2, 0) is 0 Å². The van der Waals surface area contributed by atoms with E-state index in [1.807, 2.05) is 66.9 Å². The van der Waals surface area contributed by atoms with Crippen molar-refractivity contribution >= 4 is 42.4 Å². The lowest BCUT2D eigenvalue weighted by molar-refractivity contribution is 1.07. The average Bonchev–Trinajstić information content (AvgIpc) is 3.54. The van der Waals surface area contributed by atoms with Crippen LogP contribution in [0.25, 0.3) is 87.5 Å². The molecule has 220 valence electrons. The molecule has 47 heavy (non-hydrogen) atoms. The van der Waals surface area contributed by atoms with E-state index in [1.54, 1.807) is 11.3 Å². The molecule has 6 aromatic carbocycles. The lowest BCUT2D eigenvalue weighted by Crippen LogP contribution is -2.00. The van der Waals surface area contributed by atoms with Gasteiger partial charge in [0.1, 0.15) is 0 Å². The van der Waals surface area contributed by atoms with Gasteiger partial charge >= 0.3 is 0 Å². The van der Waals surface area contributed by atoms with Crippen molar-refractivity contribution in [1.29, 1.82) is 0 Å². The van der Waals surface area contributed by atoms with E-state index in [0.717, 1.165) is 44.5 Å². The van der Waals surface area contributed by atoms with Crippen LogP contribution in [0.1, 0.15) is 0 Å². The van der Waals surface area contributed by atoms with Crippen molar-refractivity contribution in [2.24, 2.45) is 0 Å². The molecule has 0 atom stereocenters. The van der Waals surface area contributed by atoms with E-state index in [4.69, 9.17) is 19.9 Å². The van der Waals surface area contributed by atoms with Crippen LogP contribution < -0.4 is 0 Å². The third-order valence-corrected chi connectivity index (χ3v) is 9.75. The fourth-order valence-corrected chi connectivity index (χ4v) is 7.51. The second-order valence-corrected chi connectivity index (χ2v) is 12.6. The maximum absolute atomic E-state index is 5.10. The molecule has 0 unspecified atom stereocenters. The van der Waals surface area contributed by atoms with Crippen LogP contribution in [0.5, 0.6) is 0 Å². The van der Waals surface area contributed by atoms with Gasteiger partial charge < -0.3 is 0 Å². The van der Waals surface area contributed by atoms with Gasteiger partial charge in [-0.3, -0.25) is 4.98 Å². The van der Waals surface area contributed by atoms with Crippen LogP contribution in [-0.4, -0.2) is 19.9 Å². The number of pyridine rings is 1. The van der Waals surface area contributed by atoms with Crippen LogP contribution >= 0.6 is 11.3 Å². The first-order valence-corrected chi connectivity index (χ1v) is 16.4. The summed E-state index contributed by atoms with van der Waals surface area (Å²) in [5.41, 5.74) is 8.33. The third kappa shape index (κ3) is 4.94. The zero-order valence-corrected chi connectivity index (χ0v) is 26.0. The van der Waals surface area contributed by atoms with E-state index in [1.165, 1.54) is 25.6 Å². The van der Waals surface area contributed by atoms with Gasteiger partial charge in [0.05, 0.1) is 10.2 Å². The molecule has 0 amide bonds. The summed E-state index contributed by atoms with van der Waals surface area (Å²) in [4.78, 5) is 20.0. The Labute approximate surface area is 275 Å². The third-order valence-electron chi connectivity index (χ3n) is 8.56. The highest BCUT2D eigenvalue weighted by Crippen LogP contribution is 2.41. The molecule has 9 aromatic rings. The zero-order chi connectivity index (χ0) is 31.2. The van der Waals surface area contributed by atoms with Gasteiger partial charge in [-0.1, -0.05) is 121 Å². The maximum atomic E-state index is 5.10. The van der Waals surface area contributed by atoms with Crippen molar-refractivity contribution in [2.45, 2.75) is 0 Å². The molecule has 4 nitrogen and oxygen atoms in total. The number of nitrogens with zero attached hydrogens (tertiary/aromatic N) is 4. The zero-order valence-electron chi connectivity index (χ0n) is 25.2. The van der Waals surface area contributed by atoms with Crippen molar-refractivity contribution in [1.82, 2.24) is 19.9 Å². The fourth-order valence-electron chi connectivity index (χ4n) is 6.31. The van der Waals surface area contributed by atoms with E-state index in [9.17, 15) is 0 Å². The predicted molar refractivity (Wildman–Crippen MR) is 195 cm³/mol. The molecule has 0 spiro atoms. The highest BCUT2D eigenvalue weighted by atomic mass is 32.1. The molecule has 3 heterocycles. The van der Waals surface area contributed by atoms with Crippen molar-refractivity contribution in [3.8, 4) is 56.4 Å². The maximum Gasteiger partial charge on any atom is 0.164 e. The SMILES string of the molecule is c1ccc(-c2nc(-c3ccccc3)nc(-c3cc(-c4cccc5ccccc45)cc(-c4ccnc5c4sc4ccccc45)c3)n2)cc1. The normalized spacial score (nSPS) is 11.4. The van der Waals surface area contributed by atoms with Crippen molar-refractivity contribution in [3.05, 3.63) is 158 Å². The molecular formula is C42H26N4S. The van der Waals surface area contributed by atoms with E-state index in [2.05, 4.69) is 91.0 Å². The average molecular weight is 619 g/mol. The Bertz CT molecular complexity index is 2510. The summed E-state index contributed by atoms with van der Waals surface area (Å²) in [7, 11) is 0. The molecule has 0 radical (unpaired) electrons. The topological polar surface area (TPSA) is 51.6 Å². The Morgan fingerprint density at radius 3 is 1.68 bits per heavy atom. The lowest BCUT2D eigenvalue weighted by atomic mass is 9.93. The minimum Gasteiger partial charge on any atom is -0.255 e. The number of fused-ring (bicyclic) bond motifs is 4. The first kappa shape index (κ1) is 27.3. The summed E-state index contributed by atoms with van der Waals surface area (Å²) in [6.07, 6.45) is 1.92. The molecule has 0 N–H and O–H groups in total. The number of hydrogen-bond donors (Lipinski definition) is 0. The van der Waals surface area contributed by atoms with Gasteiger partial charge in [-0.2, -0.15) is 0 Å². The molecule has 9 rings (SSSR count). The van der Waals surface area contributed by atoms with Crippen LogP contribution in [0.3, 0.4) is 0 Å². The first-order chi connectivity index (χ1) is 23.3. The Hall–Kier alpha value is -6.04. The molecule has 0 aliphatic heterocycles. The summed E-state index contributed by atoms with van der Waals surface area (Å²) in [5, 5.41) is 3.58. The standard InChI is InChI=1S/C42H26N4S/c1-3-13-28(14-4-1)40-44-41(29-15-5-2-6-16-29)46-42(45-40)32-25-30(34-20-11-17-27-12-7-8-18-33(27)34)24-31(26-32)35-22-23-43-38-36-19-9-10-21-37(36)47-39(35)38/h1-26H. The summed E-state index contributed by atoms with van der Waals surface area (Å²) in [5.74, 6) is 1.91. The van der Waals surface area contributed by atoms with E-state index >= 15 is 0 Å². The van der Waals surface area contributed by atoms with Gasteiger partial charge in [0.15, 0.2) is 17.5 Å². The van der Waals surface area contributed by atoms with Crippen LogP contribution in [0.2, 0.25) is 0 Å². The molecule has 0 aliphatic rings. The van der Waals surface area contributed by atoms with Gasteiger partial charge in [-0.05, 0) is 57.8 Å². The Balaban J connectivity index is 1.33. The molecule has 0 fully saturated rings. The number of rotatable bonds is 5. The quantitative estimate of drug-likeness (QED) is 0.193. The Morgan fingerprint density at radius 2 is 0.957 bits per heavy atom. The van der Waals surface area contributed by atoms with E-state index < -0.39 is 0 Å². The second kappa shape index (κ2) is 11.4. The second-order valence-electron chi connectivity index (χ2n) is 11.5. The van der Waals surface area contributed by atoms with Gasteiger partial charge in [-0.25, -0.2) is 15.0 Å². The Morgan fingerprint density at radius 1 is 0.404 bits per heavy atom. The minimum atomic E-state index is 0.627. The predicted octanol–water partition coefficient (Wildman–Crippen LogP) is 11.1. The molecule has 0 saturated heterocycles. The van der Waals surface area contributed by atoms with Crippen molar-refractivity contribution in [3.63, 3.8) is 0 Å². The summed E-state index contributed by atoms with van der Waals surface area (Å²) >= 11 is 1.78. The molecule has 0 aliphatic carbocycles. The van der Waals surface area contributed by atoms with Gasteiger partial charge in [0, 0.05) is 38.5 Å². The number of benzene rings is 6. The van der Waals surface area contributed by atoms with Gasteiger partial charge in [0.2, 0.25) is 0 Å². The first-order valence-electron chi connectivity index (χ1n) is 15.6. The molecular weight excluding hydrogens is 593 g/mol. The molecule has 0 saturated carbocycles. The van der Waals surface area contributed by atoms with Crippen molar-refractivity contribution < 1.29 is 0 Å². The fraction of sp³-hybridized carbons (Fsp3) is 0. The number of thiophene rings is 1.